The topological polar surface area (TPSA) is 78.9 Å². The lowest BCUT2D eigenvalue weighted by Gasteiger charge is -2.18. The van der Waals surface area contributed by atoms with Crippen molar-refractivity contribution in [3.8, 4) is 0 Å². The average molecular weight is 909 g/mol. The Labute approximate surface area is 402 Å². The van der Waals surface area contributed by atoms with Crippen LogP contribution in [-0.2, 0) is 28.6 Å². The fraction of sp³-hybridized carbons (Fsp3) is 0.780. The molecule has 0 aliphatic heterocycles. The summed E-state index contributed by atoms with van der Waals surface area (Å²) < 4.78 is 16.8. The summed E-state index contributed by atoms with van der Waals surface area (Å²) in [5, 5.41) is 0. The van der Waals surface area contributed by atoms with Gasteiger partial charge in [0.2, 0.25) is 0 Å². The second-order valence-corrected chi connectivity index (χ2v) is 18.5. The van der Waals surface area contributed by atoms with Gasteiger partial charge >= 0.3 is 17.9 Å². The lowest BCUT2D eigenvalue weighted by Crippen LogP contribution is -2.30. The van der Waals surface area contributed by atoms with Crippen molar-refractivity contribution in [1.82, 2.24) is 0 Å². The van der Waals surface area contributed by atoms with Crippen LogP contribution in [0, 0.1) is 0 Å². The van der Waals surface area contributed by atoms with Crippen molar-refractivity contribution in [2.75, 3.05) is 13.2 Å². The van der Waals surface area contributed by atoms with E-state index >= 15 is 0 Å². The molecule has 1 unspecified atom stereocenters. The molecule has 0 radical (unpaired) electrons. The van der Waals surface area contributed by atoms with Gasteiger partial charge in [-0.2, -0.15) is 0 Å². The minimum absolute atomic E-state index is 0.0963. The predicted molar refractivity (Wildman–Crippen MR) is 279 cm³/mol. The summed E-state index contributed by atoms with van der Waals surface area (Å²) >= 11 is 0. The van der Waals surface area contributed by atoms with Gasteiger partial charge in [-0.25, -0.2) is 0 Å². The maximum absolute atomic E-state index is 12.8. The van der Waals surface area contributed by atoms with Gasteiger partial charge in [-0.1, -0.05) is 236 Å². The second kappa shape index (κ2) is 53.7. The van der Waals surface area contributed by atoms with E-state index < -0.39 is 6.10 Å². The minimum Gasteiger partial charge on any atom is -0.462 e. The molecule has 0 rings (SSSR count). The van der Waals surface area contributed by atoms with Crippen molar-refractivity contribution in [2.24, 2.45) is 0 Å². The minimum atomic E-state index is -0.803. The summed E-state index contributed by atoms with van der Waals surface area (Å²) in [6, 6.07) is 0. The Morgan fingerprint density at radius 3 is 0.954 bits per heavy atom. The maximum atomic E-state index is 12.8. The number of rotatable bonds is 50. The van der Waals surface area contributed by atoms with E-state index in [4.69, 9.17) is 14.2 Å². The molecule has 0 saturated carbocycles. The van der Waals surface area contributed by atoms with Crippen LogP contribution in [0.5, 0.6) is 0 Å². The molecule has 0 bridgehead atoms. The molecule has 0 aromatic heterocycles. The van der Waals surface area contributed by atoms with Crippen LogP contribution in [0.3, 0.4) is 0 Å². The number of allylic oxidation sites excluding steroid dienone is 10. The van der Waals surface area contributed by atoms with Gasteiger partial charge in [0.15, 0.2) is 6.10 Å². The Kier molecular flexibility index (Phi) is 51.3. The standard InChI is InChI=1S/C59H104O6/c1-4-7-10-13-16-19-22-25-27-29-31-32-34-37-40-43-46-49-52-58(61)64-55-56(54-63-57(60)51-48-45-42-39-36-24-21-18-15-12-9-6-3)65-59(62)53-50-47-44-41-38-35-33-30-28-26-23-20-17-14-11-8-5-2/h17,20,26,28,31-33,35,41,44,56H,4-16,18-19,21-25,27,29-30,34,36-40,42-43,45-55H2,1-3H3/b20-17-,28-26-,32-31-,35-33-,44-41-. The largest absolute Gasteiger partial charge is 0.462 e. The third-order valence-corrected chi connectivity index (χ3v) is 12.0. The van der Waals surface area contributed by atoms with Crippen LogP contribution < -0.4 is 0 Å². The van der Waals surface area contributed by atoms with Crippen LogP contribution in [0.15, 0.2) is 60.8 Å². The van der Waals surface area contributed by atoms with Crippen LogP contribution in [0.1, 0.15) is 278 Å². The molecule has 0 saturated heterocycles. The van der Waals surface area contributed by atoms with Gasteiger partial charge in [0.05, 0.1) is 0 Å². The van der Waals surface area contributed by atoms with Gasteiger partial charge < -0.3 is 14.2 Å². The number of hydrogen-bond donors (Lipinski definition) is 0. The van der Waals surface area contributed by atoms with Gasteiger partial charge in [-0.3, -0.25) is 14.4 Å². The highest BCUT2D eigenvalue weighted by molar-refractivity contribution is 5.71. The highest BCUT2D eigenvalue weighted by Crippen LogP contribution is 2.15. The lowest BCUT2D eigenvalue weighted by molar-refractivity contribution is -0.167. The van der Waals surface area contributed by atoms with Crippen molar-refractivity contribution in [3.63, 3.8) is 0 Å². The quantitative estimate of drug-likeness (QED) is 0.0262. The Morgan fingerprint density at radius 2 is 0.569 bits per heavy atom. The molecule has 376 valence electrons. The van der Waals surface area contributed by atoms with Gasteiger partial charge in [-0.15, -0.1) is 0 Å². The number of unbranched alkanes of at least 4 members (excludes halogenated alkanes) is 29. The Morgan fingerprint density at radius 1 is 0.308 bits per heavy atom. The molecule has 0 aromatic rings. The Bertz CT molecular complexity index is 1180. The Balaban J connectivity index is 4.44. The molecule has 0 fully saturated rings. The second-order valence-electron chi connectivity index (χ2n) is 18.5. The number of carbonyl (C=O) groups excluding carboxylic acids is 3. The van der Waals surface area contributed by atoms with E-state index in [-0.39, 0.29) is 37.5 Å². The summed E-state index contributed by atoms with van der Waals surface area (Å²) in [5.74, 6) is -0.953. The number of hydrogen-bond acceptors (Lipinski definition) is 6. The first-order chi connectivity index (χ1) is 32.0. The van der Waals surface area contributed by atoms with Crippen molar-refractivity contribution in [1.29, 1.82) is 0 Å². The van der Waals surface area contributed by atoms with E-state index in [1.165, 1.54) is 161 Å². The zero-order valence-electron chi connectivity index (χ0n) is 43.0. The van der Waals surface area contributed by atoms with Gasteiger partial charge in [0, 0.05) is 19.3 Å². The molecule has 6 heteroatoms. The first-order valence-corrected chi connectivity index (χ1v) is 27.8. The molecule has 1 atom stereocenters. The third-order valence-electron chi connectivity index (χ3n) is 12.0. The van der Waals surface area contributed by atoms with Gasteiger partial charge in [0.25, 0.3) is 0 Å². The molecule has 0 spiro atoms. The SMILES string of the molecule is CCCCC/C=C\C/C=C\C/C=C\C/C=C\CCCC(=O)OC(COC(=O)CCCCCCC/C=C\CCCCCCCCCCC)COC(=O)CCCCCCCCCCCCCC. The molecular formula is C59H104O6. The first-order valence-electron chi connectivity index (χ1n) is 27.8. The van der Waals surface area contributed by atoms with Gasteiger partial charge in [0.1, 0.15) is 13.2 Å². The fourth-order valence-corrected chi connectivity index (χ4v) is 7.78. The normalized spacial score (nSPS) is 12.5. The van der Waals surface area contributed by atoms with E-state index in [1.807, 2.05) is 0 Å². The maximum Gasteiger partial charge on any atom is 0.306 e. The number of carbonyl (C=O) groups is 3. The van der Waals surface area contributed by atoms with Crippen LogP contribution in [0.2, 0.25) is 0 Å². The summed E-state index contributed by atoms with van der Waals surface area (Å²) in [5.41, 5.74) is 0. The van der Waals surface area contributed by atoms with Crippen molar-refractivity contribution in [3.05, 3.63) is 60.8 Å². The number of ether oxygens (including phenoxy) is 3. The van der Waals surface area contributed by atoms with Gasteiger partial charge in [-0.05, 0) is 83.5 Å². The third kappa shape index (κ3) is 51.9. The predicted octanol–water partition coefficient (Wildman–Crippen LogP) is 18.4. The highest BCUT2D eigenvalue weighted by Gasteiger charge is 2.19. The zero-order valence-corrected chi connectivity index (χ0v) is 43.0. The number of esters is 3. The molecule has 6 nitrogen and oxygen atoms in total. The van der Waals surface area contributed by atoms with Crippen LogP contribution in [0.4, 0.5) is 0 Å². The van der Waals surface area contributed by atoms with Crippen LogP contribution in [-0.4, -0.2) is 37.2 Å². The van der Waals surface area contributed by atoms with E-state index in [0.717, 1.165) is 70.6 Å². The van der Waals surface area contributed by atoms with E-state index in [2.05, 4.69) is 81.5 Å². The molecule has 0 N–H and O–H groups in total. The van der Waals surface area contributed by atoms with Crippen LogP contribution in [0.25, 0.3) is 0 Å². The molecule has 0 aromatic carbocycles. The molecule has 0 amide bonds. The summed E-state index contributed by atoms with van der Waals surface area (Å²) in [7, 11) is 0. The summed E-state index contributed by atoms with van der Waals surface area (Å²) in [6.07, 6.45) is 66.4. The van der Waals surface area contributed by atoms with Crippen molar-refractivity contribution >= 4 is 17.9 Å². The summed E-state index contributed by atoms with van der Waals surface area (Å²) in [6.45, 7) is 6.57. The van der Waals surface area contributed by atoms with E-state index in [0.29, 0.717) is 19.3 Å². The smallest absolute Gasteiger partial charge is 0.306 e. The lowest BCUT2D eigenvalue weighted by atomic mass is 10.0. The van der Waals surface area contributed by atoms with E-state index in [9.17, 15) is 14.4 Å². The Hall–Kier alpha value is -2.89. The van der Waals surface area contributed by atoms with Crippen molar-refractivity contribution < 1.29 is 28.6 Å². The molecular weight excluding hydrogens is 805 g/mol. The molecule has 0 aliphatic rings. The first kappa shape index (κ1) is 62.1. The highest BCUT2D eigenvalue weighted by atomic mass is 16.6. The fourth-order valence-electron chi connectivity index (χ4n) is 7.78. The summed E-state index contributed by atoms with van der Waals surface area (Å²) in [4.78, 5) is 38.0. The molecule has 65 heavy (non-hydrogen) atoms. The van der Waals surface area contributed by atoms with Crippen LogP contribution >= 0.6 is 0 Å². The zero-order chi connectivity index (χ0) is 47.2. The van der Waals surface area contributed by atoms with E-state index in [1.54, 1.807) is 0 Å². The average Bonchev–Trinajstić information content (AvgIpc) is 3.30. The molecule has 0 heterocycles. The van der Waals surface area contributed by atoms with Crippen molar-refractivity contribution in [2.45, 2.75) is 284 Å². The molecule has 0 aliphatic carbocycles. The monoisotopic (exact) mass is 909 g/mol.